The van der Waals surface area contributed by atoms with Crippen LogP contribution in [-0.4, -0.2) is 9.66 Å². The molecular formula is C10H12N4OS. The molecule has 0 aliphatic heterocycles. The Morgan fingerprint density at radius 3 is 2.88 bits per heavy atom. The molecule has 3 rings (SSSR count). The van der Waals surface area contributed by atoms with Gasteiger partial charge in [0.05, 0.1) is 5.39 Å². The van der Waals surface area contributed by atoms with E-state index in [4.69, 9.17) is 11.6 Å². The van der Waals surface area contributed by atoms with Crippen molar-refractivity contribution >= 4 is 27.5 Å². The number of aryl methyl sites for hydroxylation is 2. The van der Waals surface area contributed by atoms with Gasteiger partial charge in [-0.05, 0) is 31.2 Å². The van der Waals surface area contributed by atoms with Crippen molar-refractivity contribution in [3.05, 3.63) is 20.8 Å². The van der Waals surface area contributed by atoms with Crippen LogP contribution in [0.15, 0.2) is 4.79 Å². The minimum absolute atomic E-state index is 0.0797. The van der Waals surface area contributed by atoms with Crippen LogP contribution < -0.4 is 17.1 Å². The first-order chi connectivity index (χ1) is 7.68. The Bertz CT molecular complexity index is 628. The van der Waals surface area contributed by atoms with Crippen LogP contribution in [0.4, 0.5) is 5.95 Å². The zero-order valence-electron chi connectivity index (χ0n) is 8.69. The van der Waals surface area contributed by atoms with Gasteiger partial charge in [0.25, 0.3) is 5.56 Å². The molecule has 84 valence electrons. The first kappa shape index (κ1) is 9.65. The normalized spacial score (nSPS) is 15.2. The number of nitrogen functional groups attached to an aromatic ring is 2. The smallest absolute Gasteiger partial charge is 0.282 e. The number of hydrogen-bond acceptors (Lipinski definition) is 5. The summed E-state index contributed by atoms with van der Waals surface area (Å²) < 4.78 is 0.934. The summed E-state index contributed by atoms with van der Waals surface area (Å²) in [6.07, 6.45) is 4.32. The Balaban J connectivity index is 2.45. The van der Waals surface area contributed by atoms with Crippen LogP contribution in [0.2, 0.25) is 0 Å². The first-order valence-electron chi connectivity index (χ1n) is 5.26. The molecule has 0 spiro atoms. The zero-order valence-corrected chi connectivity index (χ0v) is 9.51. The van der Waals surface area contributed by atoms with Crippen molar-refractivity contribution in [1.82, 2.24) is 9.66 Å². The van der Waals surface area contributed by atoms with Gasteiger partial charge in [-0.1, -0.05) is 0 Å². The monoisotopic (exact) mass is 236 g/mol. The molecule has 0 bridgehead atoms. The van der Waals surface area contributed by atoms with Crippen LogP contribution in [0.3, 0.4) is 0 Å². The number of nitrogens with two attached hydrogens (primary N) is 2. The highest BCUT2D eigenvalue weighted by atomic mass is 32.1. The van der Waals surface area contributed by atoms with Crippen LogP contribution in [0.25, 0.3) is 10.2 Å². The number of aromatic nitrogens is 2. The van der Waals surface area contributed by atoms with Gasteiger partial charge in [-0.15, -0.1) is 11.3 Å². The molecule has 1 aliphatic rings. The number of anilines is 1. The molecule has 0 amide bonds. The largest absolute Gasteiger partial charge is 0.368 e. The summed E-state index contributed by atoms with van der Waals surface area (Å²) in [4.78, 5) is 18.2. The summed E-state index contributed by atoms with van der Waals surface area (Å²) in [7, 11) is 0. The Morgan fingerprint density at radius 1 is 1.31 bits per heavy atom. The van der Waals surface area contributed by atoms with Gasteiger partial charge in [-0.2, -0.15) is 4.68 Å². The molecule has 0 aromatic carbocycles. The van der Waals surface area contributed by atoms with Crippen molar-refractivity contribution in [3.63, 3.8) is 0 Å². The number of fused-ring (bicyclic) bond motifs is 3. The highest BCUT2D eigenvalue weighted by molar-refractivity contribution is 7.18. The van der Waals surface area contributed by atoms with Gasteiger partial charge in [0.2, 0.25) is 5.95 Å². The number of hydrogen-bond donors (Lipinski definition) is 2. The number of thiophene rings is 1. The Morgan fingerprint density at radius 2 is 2.06 bits per heavy atom. The van der Waals surface area contributed by atoms with Gasteiger partial charge in [0, 0.05) is 4.88 Å². The van der Waals surface area contributed by atoms with Gasteiger partial charge in [-0.25, -0.2) is 4.98 Å². The Hall–Kier alpha value is -1.56. The lowest BCUT2D eigenvalue weighted by Crippen LogP contribution is -2.30. The minimum Gasteiger partial charge on any atom is -0.368 e. The van der Waals surface area contributed by atoms with E-state index in [-0.39, 0.29) is 11.5 Å². The van der Waals surface area contributed by atoms with E-state index in [0.717, 1.165) is 34.3 Å². The molecule has 16 heavy (non-hydrogen) atoms. The highest BCUT2D eigenvalue weighted by Crippen LogP contribution is 2.33. The predicted octanol–water partition coefficient (Wildman–Crippen LogP) is 0.633. The molecule has 6 heteroatoms. The molecule has 1 aliphatic carbocycles. The summed E-state index contributed by atoms with van der Waals surface area (Å²) in [5.41, 5.74) is 6.50. The third-order valence-electron chi connectivity index (χ3n) is 3.05. The predicted molar refractivity (Wildman–Crippen MR) is 65.1 cm³/mol. The molecule has 5 nitrogen and oxygen atoms in total. The van der Waals surface area contributed by atoms with E-state index >= 15 is 0 Å². The van der Waals surface area contributed by atoms with Crippen molar-refractivity contribution in [3.8, 4) is 0 Å². The van der Waals surface area contributed by atoms with Crippen LogP contribution in [0.1, 0.15) is 23.3 Å². The lowest BCUT2D eigenvalue weighted by Gasteiger charge is -2.09. The second-order valence-corrected chi connectivity index (χ2v) is 5.12. The number of nitrogens with zero attached hydrogens (tertiary/aromatic N) is 2. The fourth-order valence-electron chi connectivity index (χ4n) is 2.23. The number of rotatable bonds is 0. The maximum atomic E-state index is 12.0. The molecule has 0 saturated heterocycles. The van der Waals surface area contributed by atoms with Crippen LogP contribution in [0.5, 0.6) is 0 Å². The molecule has 0 unspecified atom stereocenters. The summed E-state index contributed by atoms with van der Waals surface area (Å²) >= 11 is 1.58. The lowest BCUT2D eigenvalue weighted by molar-refractivity contribution is 0.699. The third-order valence-corrected chi connectivity index (χ3v) is 4.23. The summed E-state index contributed by atoms with van der Waals surface area (Å²) in [6, 6.07) is 0. The van der Waals surface area contributed by atoms with E-state index in [1.165, 1.54) is 11.3 Å². The van der Waals surface area contributed by atoms with Gasteiger partial charge in [0.15, 0.2) is 0 Å². The van der Waals surface area contributed by atoms with Crippen molar-refractivity contribution < 1.29 is 0 Å². The Kier molecular flexibility index (Phi) is 1.94. The van der Waals surface area contributed by atoms with Gasteiger partial charge >= 0.3 is 0 Å². The van der Waals surface area contributed by atoms with E-state index < -0.39 is 0 Å². The Labute approximate surface area is 95.7 Å². The lowest BCUT2D eigenvalue weighted by atomic mass is 9.97. The molecule has 2 aromatic rings. The van der Waals surface area contributed by atoms with E-state index in [0.29, 0.717) is 5.39 Å². The van der Waals surface area contributed by atoms with Crippen molar-refractivity contribution in [2.45, 2.75) is 25.7 Å². The van der Waals surface area contributed by atoms with Crippen molar-refractivity contribution in [1.29, 1.82) is 0 Å². The van der Waals surface area contributed by atoms with E-state index in [1.54, 1.807) is 11.3 Å². The van der Waals surface area contributed by atoms with Gasteiger partial charge in [0.1, 0.15) is 4.83 Å². The van der Waals surface area contributed by atoms with E-state index in [2.05, 4.69) is 4.98 Å². The average Bonchev–Trinajstić information content (AvgIpc) is 2.64. The molecule has 0 fully saturated rings. The molecule has 0 radical (unpaired) electrons. The molecule has 0 saturated carbocycles. The maximum Gasteiger partial charge on any atom is 0.282 e. The minimum atomic E-state index is -0.220. The second kappa shape index (κ2) is 3.21. The van der Waals surface area contributed by atoms with Crippen LogP contribution in [0, 0.1) is 0 Å². The quantitative estimate of drug-likeness (QED) is 0.657. The summed E-state index contributed by atoms with van der Waals surface area (Å²) in [6.45, 7) is 0. The fourth-order valence-corrected chi connectivity index (χ4v) is 3.49. The molecule has 2 aromatic heterocycles. The van der Waals surface area contributed by atoms with Crippen LogP contribution >= 0.6 is 11.3 Å². The summed E-state index contributed by atoms with van der Waals surface area (Å²) in [5.74, 6) is 5.64. The van der Waals surface area contributed by atoms with Crippen LogP contribution in [-0.2, 0) is 12.8 Å². The maximum absolute atomic E-state index is 12.0. The SMILES string of the molecule is Nc1nc2sc3c(c2c(=O)n1N)CCCC3. The molecule has 0 atom stereocenters. The second-order valence-electron chi connectivity index (χ2n) is 4.04. The topological polar surface area (TPSA) is 86.9 Å². The van der Waals surface area contributed by atoms with Crippen molar-refractivity contribution in [2.24, 2.45) is 0 Å². The van der Waals surface area contributed by atoms with Crippen molar-refractivity contribution in [2.75, 3.05) is 11.6 Å². The van der Waals surface area contributed by atoms with E-state index in [9.17, 15) is 4.79 Å². The first-order valence-corrected chi connectivity index (χ1v) is 6.08. The fraction of sp³-hybridized carbons (Fsp3) is 0.400. The standard InChI is InChI=1S/C10H12N4OS/c11-10-13-8-7(9(15)14(10)12)5-3-1-2-4-6(5)16-8/h1-4,12H2,(H2,11,13). The summed E-state index contributed by atoms with van der Waals surface area (Å²) in [5, 5.41) is 0.677. The van der Waals surface area contributed by atoms with E-state index in [1.807, 2.05) is 0 Å². The zero-order chi connectivity index (χ0) is 11.3. The highest BCUT2D eigenvalue weighted by Gasteiger charge is 2.20. The average molecular weight is 236 g/mol. The third kappa shape index (κ3) is 1.16. The molecular weight excluding hydrogens is 224 g/mol. The van der Waals surface area contributed by atoms with Gasteiger partial charge in [-0.3, -0.25) is 4.79 Å². The molecule has 2 heterocycles. The van der Waals surface area contributed by atoms with Gasteiger partial charge < -0.3 is 11.6 Å². The molecule has 4 N–H and O–H groups in total.